The van der Waals surface area contributed by atoms with E-state index >= 15 is 0 Å². The summed E-state index contributed by atoms with van der Waals surface area (Å²) in [6.45, 7) is 1.44. The number of amides is 1. The molecule has 0 unspecified atom stereocenters. The van der Waals surface area contributed by atoms with E-state index in [1.165, 1.54) is 0 Å². The van der Waals surface area contributed by atoms with Crippen LogP contribution in [0.5, 0.6) is 0 Å². The molecule has 0 aromatic heterocycles. The summed E-state index contributed by atoms with van der Waals surface area (Å²) in [5.74, 6) is -4.94. The first-order chi connectivity index (χ1) is 11.0. The summed E-state index contributed by atoms with van der Waals surface area (Å²) in [5.41, 5.74) is 0. The standard InChI is InChI=1S/C13H21NO10/c1-5(15)14-10(12(21)13(22)23)7(17)3-8(18)11(20)9(19)4-24-6(2)16/h7-11,17-20H,3-4H2,1-2H3,(H,14,15)(H,22,23)/t7-,8+,9+,10+,11-/m0/s1. The van der Waals surface area contributed by atoms with Crippen molar-refractivity contribution < 1.29 is 49.4 Å². The number of hydrogen-bond donors (Lipinski definition) is 6. The van der Waals surface area contributed by atoms with Gasteiger partial charge in [-0.2, -0.15) is 0 Å². The van der Waals surface area contributed by atoms with E-state index in [0.717, 1.165) is 13.8 Å². The number of carbonyl (C=O) groups excluding carboxylic acids is 3. The number of aliphatic carboxylic acids is 1. The van der Waals surface area contributed by atoms with Crippen LogP contribution in [0.3, 0.4) is 0 Å². The lowest BCUT2D eigenvalue weighted by atomic mass is 9.96. The third-order valence-electron chi connectivity index (χ3n) is 2.97. The molecule has 0 fully saturated rings. The number of ether oxygens (including phenoxy) is 1. The molecule has 24 heavy (non-hydrogen) atoms. The zero-order valence-electron chi connectivity index (χ0n) is 13.1. The Hall–Kier alpha value is -2.08. The fourth-order valence-corrected chi connectivity index (χ4v) is 1.77. The molecule has 11 nitrogen and oxygen atoms in total. The van der Waals surface area contributed by atoms with Crippen LogP contribution in [-0.2, 0) is 23.9 Å². The van der Waals surface area contributed by atoms with Crippen LogP contribution in [0.25, 0.3) is 0 Å². The van der Waals surface area contributed by atoms with E-state index < -0.39 is 67.1 Å². The number of esters is 1. The van der Waals surface area contributed by atoms with Crippen LogP contribution in [0.2, 0.25) is 0 Å². The monoisotopic (exact) mass is 351 g/mol. The number of carbonyl (C=O) groups is 4. The van der Waals surface area contributed by atoms with E-state index in [4.69, 9.17) is 5.11 Å². The Morgan fingerprint density at radius 2 is 1.50 bits per heavy atom. The maximum atomic E-state index is 11.5. The molecule has 0 heterocycles. The van der Waals surface area contributed by atoms with Crippen LogP contribution in [0.15, 0.2) is 0 Å². The van der Waals surface area contributed by atoms with E-state index in [9.17, 15) is 39.6 Å². The lowest BCUT2D eigenvalue weighted by molar-refractivity contribution is -0.153. The predicted octanol–water partition coefficient (Wildman–Crippen LogP) is -3.46. The number of rotatable bonds is 10. The summed E-state index contributed by atoms with van der Waals surface area (Å²) < 4.78 is 4.44. The molecular formula is C13H21NO10. The molecule has 11 heteroatoms. The molecule has 1 amide bonds. The maximum absolute atomic E-state index is 11.5. The first-order valence-corrected chi connectivity index (χ1v) is 6.87. The van der Waals surface area contributed by atoms with Crippen molar-refractivity contribution >= 4 is 23.6 Å². The summed E-state index contributed by atoms with van der Waals surface area (Å²) in [4.78, 5) is 43.7. The number of hydrogen-bond acceptors (Lipinski definition) is 9. The average Bonchev–Trinajstić information content (AvgIpc) is 2.47. The Morgan fingerprint density at radius 3 is 1.92 bits per heavy atom. The van der Waals surface area contributed by atoms with Crippen LogP contribution >= 0.6 is 0 Å². The summed E-state index contributed by atoms with van der Waals surface area (Å²) >= 11 is 0. The quantitative estimate of drug-likeness (QED) is 0.170. The SMILES string of the molecule is CC(=O)N[C@@H](C(=O)C(=O)O)[C@@H](O)C[C@@H](O)[C@H](O)[C@H](O)COC(C)=O. The Balaban J connectivity index is 4.85. The fraction of sp³-hybridized carbons (Fsp3) is 0.692. The Bertz CT molecular complexity index is 479. The zero-order valence-corrected chi connectivity index (χ0v) is 13.1. The third-order valence-corrected chi connectivity index (χ3v) is 2.97. The van der Waals surface area contributed by atoms with Crippen LogP contribution in [-0.4, -0.2) is 86.2 Å². The summed E-state index contributed by atoms with van der Waals surface area (Å²) in [6, 6.07) is -1.84. The van der Waals surface area contributed by atoms with E-state index in [1.807, 2.05) is 5.32 Å². The van der Waals surface area contributed by atoms with Crippen molar-refractivity contribution in [3.8, 4) is 0 Å². The van der Waals surface area contributed by atoms with Crippen molar-refractivity contribution in [2.24, 2.45) is 0 Å². The molecule has 0 saturated heterocycles. The van der Waals surface area contributed by atoms with Crippen molar-refractivity contribution in [1.82, 2.24) is 5.32 Å². The first kappa shape index (κ1) is 21.9. The van der Waals surface area contributed by atoms with Crippen LogP contribution < -0.4 is 5.32 Å². The second-order valence-corrected chi connectivity index (χ2v) is 5.08. The van der Waals surface area contributed by atoms with Crippen molar-refractivity contribution in [2.45, 2.75) is 50.7 Å². The minimum Gasteiger partial charge on any atom is -0.475 e. The second kappa shape index (κ2) is 9.93. The number of aliphatic hydroxyl groups is 4. The molecular weight excluding hydrogens is 330 g/mol. The van der Waals surface area contributed by atoms with E-state index in [-0.39, 0.29) is 0 Å². The van der Waals surface area contributed by atoms with E-state index in [0.29, 0.717) is 0 Å². The van der Waals surface area contributed by atoms with E-state index in [1.54, 1.807) is 0 Å². The van der Waals surface area contributed by atoms with Gasteiger partial charge in [0.2, 0.25) is 5.91 Å². The number of aliphatic hydroxyl groups excluding tert-OH is 4. The number of nitrogens with one attached hydrogen (secondary N) is 1. The van der Waals surface area contributed by atoms with Crippen molar-refractivity contribution in [3.63, 3.8) is 0 Å². The highest BCUT2D eigenvalue weighted by atomic mass is 16.5. The van der Waals surface area contributed by atoms with Crippen molar-refractivity contribution in [3.05, 3.63) is 0 Å². The van der Waals surface area contributed by atoms with Gasteiger partial charge in [0, 0.05) is 20.3 Å². The molecule has 0 aromatic carbocycles. The molecule has 0 aromatic rings. The minimum absolute atomic E-state index is 0.618. The highest BCUT2D eigenvalue weighted by molar-refractivity contribution is 6.35. The largest absolute Gasteiger partial charge is 0.475 e. The molecule has 0 aliphatic rings. The predicted molar refractivity (Wildman–Crippen MR) is 75.5 cm³/mol. The van der Waals surface area contributed by atoms with Gasteiger partial charge in [0.25, 0.3) is 5.78 Å². The second-order valence-electron chi connectivity index (χ2n) is 5.08. The Kier molecular flexibility index (Phi) is 9.07. The maximum Gasteiger partial charge on any atom is 0.374 e. The van der Waals surface area contributed by atoms with Crippen LogP contribution in [0, 0.1) is 0 Å². The molecule has 138 valence electrons. The lowest BCUT2D eigenvalue weighted by Gasteiger charge is -2.27. The summed E-state index contributed by atoms with van der Waals surface area (Å²) in [7, 11) is 0. The van der Waals surface area contributed by atoms with Gasteiger partial charge in [0.1, 0.15) is 24.9 Å². The van der Waals surface area contributed by atoms with Crippen molar-refractivity contribution in [1.29, 1.82) is 0 Å². The third kappa shape index (κ3) is 7.46. The van der Waals surface area contributed by atoms with Gasteiger partial charge in [0.15, 0.2) is 0 Å². The highest BCUT2D eigenvalue weighted by Crippen LogP contribution is 2.11. The molecule has 0 aliphatic heterocycles. The molecule has 5 atom stereocenters. The van der Waals surface area contributed by atoms with Gasteiger partial charge in [-0.15, -0.1) is 0 Å². The Labute approximate surface area is 136 Å². The molecule has 0 rings (SSSR count). The molecule has 6 N–H and O–H groups in total. The van der Waals surface area contributed by atoms with Gasteiger partial charge in [-0.3, -0.25) is 14.4 Å². The number of carboxylic acids is 1. The topological polar surface area (TPSA) is 191 Å². The van der Waals surface area contributed by atoms with Gasteiger partial charge in [0.05, 0.1) is 12.2 Å². The summed E-state index contributed by atoms with van der Waals surface area (Å²) in [5, 5.41) is 49.4. The fourth-order valence-electron chi connectivity index (χ4n) is 1.77. The average molecular weight is 351 g/mol. The van der Waals surface area contributed by atoms with E-state index in [2.05, 4.69) is 4.74 Å². The van der Waals surface area contributed by atoms with Gasteiger partial charge in [-0.1, -0.05) is 0 Å². The Morgan fingerprint density at radius 1 is 0.958 bits per heavy atom. The molecule has 0 bridgehead atoms. The first-order valence-electron chi connectivity index (χ1n) is 6.87. The molecule has 0 spiro atoms. The van der Waals surface area contributed by atoms with Crippen molar-refractivity contribution in [2.75, 3.05) is 6.61 Å². The zero-order chi connectivity index (χ0) is 19.0. The van der Waals surface area contributed by atoms with Gasteiger partial charge in [-0.05, 0) is 0 Å². The number of Topliss-reactive ketones (excluding diaryl/α,β-unsaturated/α-hetero) is 1. The highest BCUT2D eigenvalue weighted by Gasteiger charge is 2.36. The van der Waals surface area contributed by atoms with Gasteiger partial charge >= 0.3 is 11.9 Å². The molecule has 0 aliphatic carbocycles. The normalized spacial score (nSPS) is 17.1. The smallest absolute Gasteiger partial charge is 0.374 e. The minimum atomic E-state index is -1.90. The molecule has 0 radical (unpaired) electrons. The lowest BCUT2D eigenvalue weighted by Crippen LogP contribution is -2.53. The van der Waals surface area contributed by atoms with Gasteiger partial charge < -0.3 is 35.6 Å². The van der Waals surface area contributed by atoms with Crippen LogP contribution in [0.4, 0.5) is 0 Å². The van der Waals surface area contributed by atoms with Crippen LogP contribution in [0.1, 0.15) is 20.3 Å². The summed E-state index contributed by atoms with van der Waals surface area (Å²) in [6.07, 6.45) is -7.89. The number of carboxylic acid groups (broad SMARTS) is 1. The molecule has 0 saturated carbocycles. The van der Waals surface area contributed by atoms with Gasteiger partial charge in [-0.25, -0.2) is 4.79 Å². The number of ketones is 1.